The predicted octanol–water partition coefficient (Wildman–Crippen LogP) is 2.14. The molecule has 23 heavy (non-hydrogen) atoms. The van der Waals surface area contributed by atoms with E-state index in [-0.39, 0.29) is 12.5 Å². The van der Waals surface area contributed by atoms with E-state index in [1.54, 1.807) is 29.2 Å². The molecule has 1 aromatic rings. The maximum atomic E-state index is 12.3. The van der Waals surface area contributed by atoms with Gasteiger partial charge in [0.1, 0.15) is 6.04 Å². The summed E-state index contributed by atoms with van der Waals surface area (Å²) in [5.74, 6) is -1.07. The number of likely N-dealkylation sites (tertiary alicyclic amines) is 1. The molecule has 0 saturated carbocycles. The monoisotopic (exact) mass is 315 g/mol. The lowest BCUT2D eigenvalue weighted by atomic mass is 10.0. The van der Waals surface area contributed by atoms with Crippen molar-refractivity contribution in [3.63, 3.8) is 0 Å². The molecule has 0 unspecified atom stereocenters. The molecular formula is C17H21N3O3. The molecule has 2 amide bonds. The zero-order valence-electron chi connectivity index (χ0n) is 13.0. The van der Waals surface area contributed by atoms with Crippen LogP contribution in [0.25, 0.3) is 0 Å². The van der Waals surface area contributed by atoms with Crippen LogP contribution in [0.2, 0.25) is 0 Å². The number of carbonyl (C=O) groups excluding carboxylic acids is 1. The second kappa shape index (κ2) is 8.18. The minimum Gasteiger partial charge on any atom is -0.480 e. The molecular weight excluding hydrogens is 294 g/mol. The Morgan fingerprint density at radius 2 is 1.96 bits per heavy atom. The van der Waals surface area contributed by atoms with Gasteiger partial charge in [-0.3, -0.25) is 0 Å². The SMILES string of the molecule is N#Cc1cccc(C[C@@H](NC(=O)N2CCCCCC2)C(=O)O)c1. The molecule has 0 radical (unpaired) electrons. The van der Waals surface area contributed by atoms with Gasteiger partial charge in [0.2, 0.25) is 0 Å². The van der Waals surface area contributed by atoms with E-state index in [0.717, 1.165) is 25.7 Å². The zero-order chi connectivity index (χ0) is 16.7. The second-order valence-electron chi connectivity index (χ2n) is 5.76. The third-order valence-corrected chi connectivity index (χ3v) is 3.98. The Labute approximate surface area is 135 Å². The van der Waals surface area contributed by atoms with Gasteiger partial charge in [-0.2, -0.15) is 5.26 Å². The molecule has 1 fully saturated rings. The predicted molar refractivity (Wildman–Crippen MR) is 84.9 cm³/mol. The lowest BCUT2D eigenvalue weighted by Crippen LogP contribution is -2.49. The average molecular weight is 315 g/mol. The first-order chi connectivity index (χ1) is 11.1. The van der Waals surface area contributed by atoms with Crippen molar-refractivity contribution in [3.05, 3.63) is 35.4 Å². The van der Waals surface area contributed by atoms with Crippen LogP contribution in [0.5, 0.6) is 0 Å². The first-order valence-corrected chi connectivity index (χ1v) is 7.87. The number of nitrogens with zero attached hydrogens (tertiary/aromatic N) is 2. The minimum absolute atomic E-state index is 0.157. The fourth-order valence-corrected chi connectivity index (χ4v) is 2.72. The molecule has 1 aromatic carbocycles. The van der Waals surface area contributed by atoms with Crippen LogP contribution in [0.1, 0.15) is 36.8 Å². The van der Waals surface area contributed by atoms with Crippen LogP contribution in [0.4, 0.5) is 4.79 Å². The molecule has 6 nitrogen and oxygen atoms in total. The number of nitriles is 1. The Morgan fingerprint density at radius 1 is 1.26 bits per heavy atom. The summed E-state index contributed by atoms with van der Waals surface area (Å²) in [4.78, 5) is 25.4. The number of hydrogen-bond donors (Lipinski definition) is 2. The van der Waals surface area contributed by atoms with Gasteiger partial charge in [0.25, 0.3) is 0 Å². The molecule has 1 aliphatic heterocycles. The van der Waals surface area contributed by atoms with Gasteiger partial charge in [-0.05, 0) is 30.5 Å². The molecule has 1 aliphatic rings. The quantitative estimate of drug-likeness (QED) is 0.890. The number of urea groups is 1. The minimum atomic E-state index is -1.07. The van der Waals surface area contributed by atoms with Crippen LogP contribution in [0.15, 0.2) is 24.3 Å². The van der Waals surface area contributed by atoms with Gasteiger partial charge in [-0.15, -0.1) is 0 Å². The van der Waals surface area contributed by atoms with Crippen molar-refractivity contribution in [2.75, 3.05) is 13.1 Å². The van der Waals surface area contributed by atoms with Crippen LogP contribution in [-0.2, 0) is 11.2 Å². The van der Waals surface area contributed by atoms with Crippen LogP contribution in [-0.4, -0.2) is 41.1 Å². The Balaban J connectivity index is 2.01. The first-order valence-electron chi connectivity index (χ1n) is 7.87. The van der Waals surface area contributed by atoms with Crippen molar-refractivity contribution in [1.29, 1.82) is 5.26 Å². The standard InChI is InChI=1S/C17H21N3O3/c18-12-14-7-5-6-13(10-14)11-15(16(21)22)19-17(23)20-8-3-1-2-4-9-20/h5-7,10,15H,1-4,8-9,11H2,(H,19,23)(H,21,22)/t15-/m1/s1. The Kier molecular flexibility index (Phi) is 5.98. The number of benzene rings is 1. The largest absolute Gasteiger partial charge is 0.480 e. The summed E-state index contributed by atoms with van der Waals surface area (Å²) in [6, 6.07) is 7.48. The highest BCUT2D eigenvalue weighted by atomic mass is 16.4. The summed E-state index contributed by atoms with van der Waals surface area (Å²) in [7, 11) is 0. The Bertz CT molecular complexity index is 601. The lowest BCUT2D eigenvalue weighted by Gasteiger charge is -2.23. The maximum Gasteiger partial charge on any atom is 0.326 e. The van der Waals surface area contributed by atoms with Crippen LogP contribution in [0.3, 0.4) is 0 Å². The summed E-state index contributed by atoms with van der Waals surface area (Å²) in [5, 5.41) is 20.9. The molecule has 0 aromatic heterocycles. The van der Waals surface area contributed by atoms with Crippen molar-refractivity contribution in [3.8, 4) is 6.07 Å². The molecule has 2 N–H and O–H groups in total. The van der Waals surface area contributed by atoms with Crippen molar-refractivity contribution < 1.29 is 14.7 Å². The Hall–Kier alpha value is -2.55. The van der Waals surface area contributed by atoms with E-state index in [2.05, 4.69) is 5.32 Å². The van der Waals surface area contributed by atoms with Crippen LogP contribution >= 0.6 is 0 Å². The molecule has 1 heterocycles. The number of carbonyl (C=O) groups is 2. The zero-order valence-corrected chi connectivity index (χ0v) is 13.0. The molecule has 0 aliphatic carbocycles. The number of amides is 2. The van der Waals surface area contributed by atoms with E-state index in [1.165, 1.54) is 0 Å². The van der Waals surface area contributed by atoms with E-state index >= 15 is 0 Å². The summed E-state index contributed by atoms with van der Waals surface area (Å²) >= 11 is 0. The smallest absolute Gasteiger partial charge is 0.326 e. The summed E-state index contributed by atoms with van der Waals surface area (Å²) in [5.41, 5.74) is 1.19. The fraction of sp³-hybridized carbons (Fsp3) is 0.471. The number of carboxylic acid groups (broad SMARTS) is 1. The van der Waals surface area contributed by atoms with Gasteiger partial charge in [-0.25, -0.2) is 9.59 Å². The highest BCUT2D eigenvalue weighted by Crippen LogP contribution is 2.11. The summed E-state index contributed by atoms with van der Waals surface area (Å²) < 4.78 is 0. The van der Waals surface area contributed by atoms with Gasteiger partial charge in [0.05, 0.1) is 11.6 Å². The summed E-state index contributed by atoms with van der Waals surface area (Å²) in [6.45, 7) is 1.34. The van der Waals surface area contributed by atoms with E-state index < -0.39 is 12.0 Å². The number of rotatable bonds is 4. The van der Waals surface area contributed by atoms with Gasteiger partial charge in [0, 0.05) is 19.5 Å². The highest BCUT2D eigenvalue weighted by Gasteiger charge is 2.24. The topological polar surface area (TPSA) is 93.4 Å². The third-order valence-electron chi connectivity index (χ3n) is 3.98. The molecule has 0 spiro atoms. The van der Waals surface area contributed by atoms with Crippen LogP contribution < -0.4 is 5.32 Å². The van der Waals surface area contributed by atoms with Gasteiger partial charge >= 0.3 is 12.0 Å². The van der Waals surface area contributed by atoms with E-state index in [4.69, 9.17) is 5.26 Å². The van der Waals surface area contributed by atoms with Crippen LogP contribution in [0, 0.1) is 11.3 Å². The first kappa shape index (κ1) is 16.8. The van der Waals surface area contributed by atoms with Crippen molar-refractivity contribution in [2.45, 2.75) is 38.1 Å². The van der Waals surface area contributed by atoms with E-state index in [1.807, 2.05) is 6.07 Å². The number of carboxylic acids is 1. The number of hydrogen-bond acceptors (Lipinski definition) is 3. The van der Waals surface area contributed by atoms with Gasteiger partial charge < -0.3 is 15.3 Å². The van der Waals surface area contributed by atoms with E-state index in [9.17, 15) is 14.7 Å². The average Bonchev–Trinajstić information content (AvgIpc) is 2.83. The molecule has 1 atom stereocenters. The van der Waals surface area contributed by atoms with Crippen molar-refractivity contribution >= 4 is 12.0 Å². The molecule has 2 rings (SSSR count). The fourth-order valence-electron chi connectivity index (χ4n) is 2.72. The normalized spacial score (nSPS) is 16.0. The third kappa shape index (κ3) is 4.99. The molecule has 122 valence electrons. The number of nitrogens with one attached hydrogen (secondary N) is 1. The molecule has 1 saturated heterocycles. The maximum absolute atomic E-state index is 12.3. The molecule has 6 heteroatoms. The van der Waals surface area contributed by atoms with Gasteiger partial charge in [-0.1, -0.05) is 25.0 Å². The van der Waals surface area contributed by atoms with E-state index in [0.29, 0.717) is 24.2 Å². The lowest BCUT2D eigenvalue weighted by molar-refractivity contribution is -0.139. The summed E-state index contributed by atoms with van der Waals surface area (Å²) in [6.07, 6.45) is 4.27. The number of aliphatic carboxylic acids is 1. The second-order valence-corrected chi connectivity index (χ2v) is 5.76. The van der Waals surface area contributed by atoms with Crippen molar-refractivity contribution in [2.24, 2.45) is 0 Å². The Morgan fingerprint density at radius 3 is 2.57 bits per heavy atom. The highest BCUT2D eigenvalue weighted by molar-refractivity contribution is 5.82. The van der Waals surface area contributed by atoms with Crippen molar-refractivity contribution in [1.82, 2.24) is 10.2 Å². The molecule has 0 bridgehead atoms. The van der Waals surface area contributed by atoms with Gasteiger partial charge in [0.15, 0.2) is 0 Å².